The largest absolute Gasteiger partial charge is 0.372 e. The molecule has 7 heteroatoms. The number of anilines is 2. The number of carbonyl (C=O) groups excluding carboxylic acids is 2. The number of hydrogen-bond donors (Lipinski definition) is 2. The minimum Gasteiger partial charge on any atom is -0.372 e. The molecule has 0 radical (unpaired) electrons. The van der Waals surface area contributed by atoms with E-state index in [1.807, 2.05) is 30.3 Å². The smallest absolute Gasteiger partial charge is 0.238 e. The van der Waals surface area contributed by atoms with Gasteiger partial charge in [-0.15, -0.1) is 0 Å². The third kappa shape index (κ3) is 5.53. The second-order valence-electron chi connectivity index (χ2n) is 9.19. The molecule has 2 N–H and O–H groups in total. The van der Waals surface area contributed by atoms with Crippen LogP contribution in [0, 0.1) is 0 Å². The molecular weight excluding hydrogens is 414 g/mol. The zero-order valence-corrected chi connectivity index (χ0v) is 19.6. The Bertz CT molecular complexity index is 925. The standard InChI is InChI=1S/C26H35N5O2/c1-27-25(33)26(23-9-4-5-15-28-23)14-8-16-30(20-26)19-24(32)29-21-10-12-22(13-11-21)31-17-6-2-3-7-18-31/h4-5,9-13,15H,2-3,6-8,14,16-20H2,1H3,(H,27,33)(H,29,32)/t26-/m0/s1. The van der Waals surface area contributed by atoms with Gasteiger partial charge in [-0.1, -0.05) is 18.9 Å². The molecule has 0 aliphatic carbocycles. The van der Waals surface area contributed by atoms with Crippen LogP contribution >= 0.6 is 0 Å². The number of hydrogen-bond acceptors (Lipinski definition) is 5. The van der Waals surface area contributed by atoms with E-state index in [0.29, 0.717) is 6.54 Å². The van der Waals surface area contributed by atoms with Crippen molar-refractivity contribution in [2.45, 2.75) is 43.9 Å². The summed E-state index contributed by atoms with van der Waals surface area (Å²) < 4.78 is 0. The number of pyridine rings is 1. The molecule has 1 aromatic heterocycles. The number of likely N-dealkylation sites (N-methyl/N-ethyl adjacent to an activating group) is 1. The number of nitrogens with one attached hydrogen (secondary N) is 2. The Morgan fingerprint density at radius 2 is 1.73 bits per heavy atom. The average molecular weight is 450 g/mol. The fraction of sp³-hybridized carbons (Fsp3) is 0.500. The van der Waals surface area contributed by atoms with Crippen LogP contribution in [0.1, 0.15) is 44.2 Å². The summed E-state index contributed by atoms with van der Waals surface area (Å²) in [5.41, 5.74) is 2.05. The maximum absolute atomic E-state index is 12.9. The lowest BCUT2D eigenvalue weighted by Crippen LogP contribution is -2.55. The first-order valence-corrected chi connectivity index (χ1v) is 12.1. The number of rotatable bonds is 6. The number of carbonyl (C=O) groups is 2. The Morgan fingerprint density at radius 3 is 2.39 bits per heavy atom. The van der Waals surface area contributed by atoms with E-state index >= 15 is 0 Å². The van der Waals surface area contributed by atoms with Crippen molar-refractivity contribution in [3.63, 3.8) is 0 Å². The van der Waals surface area contributed by atoms with Crippen molar-refractivity contribution in [1.29, 1.82) is 0 Å². The van der Waals surface area contributed by atoms with Gasteiger partial charge in [-0.2, -0.15) is 0 Å². The molecule has 3 heterocycles. The van der Waals surface area contributed by atoms with Gasteiger partial charge in [0.1, 0.15) is 5.41 Å². The Hall–Kier alpha value is -2.93. The van der Waals surface area contributed by atoms with Gasteiger partial charge >= 0.3 is 0 Å². The van der Waals surface area contributed by atoms with Crippen LogP contribution in [0.2, 0.25) is 0 Å². The SMILES string of the molecule is CNC(=O)[C@@]1(c2ccccn2)CCCN(CC(=O)Nc2ccc(N3CCCCCC3)cc2)C1. The van der Waals surface area contributed by atoms with Crippen molar-refractivity contribution < 1.29 is 9.59 Å². The van der Waals surface area contributed by atoms with Gasteiger partial charge in [0.25, 0.3) is 0 Å². The van der Waals surface area contributed by atoms with Gasteiger partial charge in [0.05, 0.1) is 12.2 Å². The van der Waals surface area contributed by atoms with Crippen LogP contribution in [-0.2, 0) is 15.0 Å². The Balaban J connectivity index is 1.38. The lowest BCUT2D eigenvalue weighted by Gasteiger charge is -2.40. The first-order valence-electron chi connectivity index (χ1n) is 12.1. The molecule has 1 atom stereocenters. The van der Waals surface area contributed by atoms with Crippen molar-refractivity contribution in [1.82, 2.24) is 15.2 Å². The zero-order valence-electron chi connectivity index (χ0n) is 19.6. The molecule has 2 aliphatic heterocycles. The Kier molecular flexibility index (Phi) is 7.60. The molecule has 2 aromatic rings. The van der Waals surface area contributed by atoms with Gasteiger partial charge < -0.3 is 15.5 Å². The Morgan fingerprint density at radius 1 is 0.970 bits per heavy atom. The molecule has 2 amide bonds. The van der Waals surface area contributed by atoms with Crippen LogP contribution in [0.5, 0.6) is 0 Å². The van der Waals surface area contributed by atoms with E-state index in [0.717, 1.165) is 43.9 Å². The quantitative estimate of drug-likeness (QED) is 0.708. The van der Waals surface area contributed by atoms with E-state index in [-0.39, 0.29) is 18.4 Å². The first kappa shape index (κ1) is 23.2. The summed E-state index contributed by atoms with van der Waals surface area (Å²) in [6.07, 6.45) is 8.38. The number of likely N-dealkylation sites (tertiary alicyclic amines) is 1. The molecule has 0 unspecified atom stereocenters. The molecule has 2 aliphatic rings. The van der Waals surface area contributed by atoms with E-state index in [1.54, 1.807) is 13.2 Å². The topological polar surface area (TPSA) is 77.6 Å². The molecule has 2 saturated heterocycles. The van der Waals surface area contributed by atoms with Crippen LogP contribution in [0.25, 0.3) is 0 Å². The summed E-state index contributed by atoms with van der Waals surface area (Å²) in [6, 6.07) is 13.8. The molecular formula is C26H35N5O2. The van der Waals surface area contributed by atoms with Crippen LogP contribution < -0.4 is 15.5 Å². The summed E-state index contributed by atoms with van der Waals surface area (Å²) in [5.74, 6) is -0.110. The molecule has 2 fully saturated rings. The molecule has 33 heavy (non-hydrogen) atoms. The van der Waals surface area contributed by atoms with Crippen LogP contribution in [0.4, 0.5) is 11.4 Å². The van der Waals surface area contributed by atoms with Gasteiger partial charge in [-0.25, -0.2) is 0 Å². The number of benzene rings is 1. The third-order valence-electron chi connectivity index (χ3n) is 6.88. The number of piperidine rings is 1. The van der Waals surface area contributed by atoms with Crippen molar-refractivity contribution in [3.8, 4) is 0 Å². The summed E-state index contributed by atoms with van der Waals surface area (Å²) in [6.45, 7) is 3.71. The summed E-state index contributed by atoms with van der Waals surface area (Å²) in [7, 11) is 1.66. The third-order valence-corrected chi connectivity index (χ3v) is 6.88. The van der Waals surface area contributed by atoms with Crippen molar-refractivity contribution >= 4 is 23.2 Å². The van der Waals surface area contributed by atoms with Gasteiger partial charge in [-0.3, -0.25) is 19.5 Å². The van der Waals surface area contributed by atoms with E-state index in [2.05, 4.69) is 37.6 Å². The highest BCUT2D eigenvalue weighted by Gasteiger charge is 2.44. The molecule has 1 aromatic carbocycles. The molecule has 0 bridgehead atoms. The normalized spacial score (nSPS) is 21.8. The minimum absolute atomic E-state index is 0.0459. The fourth-order valence-electron chi connectivity index (χ4n) is 5.16. The van der Waals surface area contributed by atoms with E-state index in [1.165, 1.54) is 31.4 Å². The summed E-state index contributed by atoms with van der Waals surface area (Å²) in [4.78, 5) is 34.7. The minimum atomic E-state index is -0.733. The predicted molar refractivity (Wildman–Crippen MR) is 131 cm³/mol. The first-order chi connectivity index (χ1) is 16.1. The average Bonchev–Trinajstić information content (AvgIpc) is 3.14. The van der Waals surface area contributed by atoms with E-state index in [4.69, 9.17) is 0 Å². The lowest BCUT2D eigenvalue weighted by molar-refractivity contribution is -0.130. The maximum Gasteiger partial charge on any atom is 0.238 e. The van der Waals surface area contributed by atoms with Gasteiger partial charge in [0, 0.05) is 44.3 Å². The Labute approximate surface area is 196 Å². The predicted octanol–water partition coefficient (Wildman–Crippen LogP) is 3.18. The van der Waals surface area contributed by atoms with Gasteiger partial charge in [-0.05, 0) is 68.6 Å². The monoisotopic (exact) mass is 449 g/mol. The second kappa shape index (κ2) is 10.8. The molecule has 4 rings (SSSR count). The maximum atomic E-state index is 12.9. The van der Waals surface area contributed by atoms with E-state index < -0.39 is 5.41 Å². The van der Waals surface area contributed by atoms with E-state index in [9.17, 15) is 9.59 Å². The molecule has 0 saturated carbocycles. The van der Waals surface area contributed by atoms with Crippen molar-refractivity contribution in [3.05, 3.63) is 54.4 Å². The van der Waals surface area contributed by atoms with Crippen molar-refractivity contribution in [2.75, 3.05) is 50.0 Å². The number of aromatic nitrogens is 1. The number of amides is 2. The summed E-state index contributed by atoms with van der Waals surface area (Å²) in [5, 5.41) is 5.84. The summed E-state index contributed by atoms with van der Waals surface area (Å²) >= 11 is 0. The van der Waals surface area contributed by atoms with Crippen LogP contribution in [-0.4, -0.2) is 61.5 Å². The fourth-order valence-corrected chi connectivity index (χ4v) is 5.16. The molecule has 7 nitrogen and oxygen atoms in total. The van der Waals surface area contributed by atoms with Crippen LogP contribution in [0.3, 0.4) is 0 Å². The second-order valence-corrected chi connectivity index (χ2v) is 9.19. The molecule has 176 valence electrons. The van der Waals surface area contributed by atoms with Crippen molar-refractivity contribution in [2.24, 2.45) is 0 Å². The number of nitrogens with zero attached hydrogens (tertiary/aromatic N) is 3. The van der Waals surface area contributed by atoms with Crippen LogP contribution in [0.15, 0.2) is 48.7 Å². The van der Waals surface area contributed by atoms with Gasteiger partial charge in [0.15, 0.2) is 0 Å². The zero-order chi connectivity index (χ0) is 23.1. The highest BCUT2D eigenvalue weighted by atomic mass is 16.2. The highest BCUT2D eigenvalue weighted by molar-refractivity contribution is 5.93. The highest BCUT2D eigenvalue weighted by Crippen LogP contribution is 2.33. The molecule has 0 spiro atoms. The lowest BCUT2D eigenvalue weighted by atomic mass is 9.75. The van der Waals surface area contributed by atoms with Gasteiger partial charge in [0.2, 0.25) is 11.8 Å².